The van der Waals surface area contributed by atoms with Crippen molar-refractivity contribution in [3.63, 3.8) is 0 Å². The van der Waals surface area contributed by atoms with E-state index < -0.39 is 6.43 Å². The van der Waals surface area contributed by atoms with Crippen LogP contribution in [0.25, 0.3) is 0 Å². The van der Waals surface area contributed by atoms with Crippen LogP contribution < -0.4 is 5.32 Å². The monoisotopic (exact) mass is 286 g/mol. The van der Waals surface area contributed by atoms with Crippen LogP contribution in [-0.4, -0.2) is 42.5 Å². The number of piperazine rings is 1. The molecule has 1 heterocycles. The first-order chi connectivity index (χ1) is 9.58. The Morgan fingerprint density at radius 1 is 1.15 bits per heavy atom. The van der Waals surface area contributed by atoms with Crippen LogP contribution in [0.5, 0.6) is 0 Å². The Morgan fingerprint density at radius 2 is 1.85 bits per heavy atom. The molecule has 3 aliphatic rings. The Bertz CT molecular complexity index is 326. The molecule has 0 aromatic heterocycles. The van der Waals surface area contributed by atoms with Gasteiger partial charge < -0.3 is 5.32 Å². The number of rotatable bonds is 4. The molecule has 1 saturated heterocycles. The zero-order chi connectivity index (χ0) is 14.2. The smallest absolute Gasteiger partial charge is 0.251 e. The lowest BCUT2D eigenvalue weighted by Crippen LogP contribution is -2.66. The van der Waals surface area contributed by atoms with Gasteiger partial charge in [-0.15, -0.1) is 0 Å². The molecule has 0 amide bonds. The van der Waals surface area contributed by atoms with Gasteiger partial charge in [0.1, 0.15) is 0 Å². The molecule has 2 atom stereocenters. The summed E-state index contributed by atoms with van der Waals surface area (Å²) in [5.41, 5.74) is 0.0695. The van der Waals surface area contributed by atoms with Crippen LogP contribution in [0.3, 0.4) is 0 Å². The summed E-state index contributed by atoms with van der Waals surface area (Å²) in [6.45, 7) is 3.92. The van der Waals surface area contributed by atoms with Gasteiger partial charge in [-0.3, -0.25) is 4.90 Å². The van der Waals surface area contributed by atoms with E-state index in [4.69, 9.17) is 0 Å². The minimum atomic E-state index is -2.21. The van der Waals surface area contributed by atoms with Crippen LogP contribution in [0.15, 0.2) is 0 Å². The maximum absolute atomic E-state index is 13.0. The Hall–Kier alpha value is -0.220. The van der Waals surface area contributed by atoms with E-state index in [0.29, 0.717) is 17.9 Å². The molecule has 4 heteroatoms. The highest BCUT2D eigenvalue weighted by Crippen LogP contribution is 2.42. The average Bonchev–Trinajstić information content (AvgIpc) is 3.24. The molecule has 0 aromatic rings. The molecular formula is C16H28F2N2. The van der Waals surface area contributed by atoms with E-state index in [0.717, 1.165) is 13.1 Å². The molecule has 3 fully saturated rings. The molecule has 0 bridgehead atoms. The lowest BCUT2D eigenvalue weighted by atomic mass is 9.80. The summed E-state index contributed by atoms with van der Waals surface area (Å²) in [5.74, 6) is 1.33. The summed E-state index contributed by atoms with van der Waals surface area (Å²) < 4.78 is 25.9. The van der Waals surface area contributed by atoms with Gasteiger partial charge in [0, 0.05) is 24.7 Å². The number of hydrogen-bond acceptors (Lipinski definition) is 2. The van der Waals surface area contributed by atoms with Crippen molar-refractivity contribution in [1.29, 1.82) is 0 Å². The van der Waals surface area contributed by atoms with Crippen LogP contribution in [0.4, 0.5) is 8.78 Å². The molecule has 20 heavy (non-hydrogen) atoms. The fourth-order valence-corrected chi connectivity index (χ4v) is 4.42. The van der Waals surface area contributed by atoms with E-state index in [1.807, 2.05) is 0 Å². The van der Waals surface area contributed by atoms with Gasteiger partial charge in [-0.25, -0.2) is 8.78 Å². The van der Waals surface area contributed by atoms with Gasteiger partial charge in [0.2, 0.25) is 0 Å². The third-order valence-electron chi connectivity index (χ3n) is 5.76. The quantitative estimate of drug-likeness (QED) is 0.853. The molecule has 0 radical (unpaired) electrons. The fraction of sp³-hybridized carbons (Fsp3) is 1.00. The van der Waals surface area contributed by atoms with Crippen LogP contribution in [0.1, 0.15) is 51.9 Å². The summed E-state index contributed by atoms with van der Waals surface area (Å²) in [6, 6.07) is 0.330. The predicted octanol–water partition coefficient (Wildman–Crippen LogP) is 3.27. The largest absolute Gasteiger partial charge is 0.308 e. The van der Waals surface area contributed by atoms with Crippen molar-refractivity contribution in [3.05, 3.63) is 0 Å². The summed E-state index contributed by atoms with van der Waals surface area (Å²) in [6.07, 6.45) is 6.67. The van der Waals surface area contributed by atoms with Crippen LogP contribution >= 0.6 is 0 Å². The Kier molecular flexibility index (Phi) is 4.32. The number of nitrogens with zero attached hydrogens (tertiary/aromatic N) is 1. The SMILES string of the molecule is CC1(C2CC2)CN(CC(F)F)C(C2CCCCC2)CN1. The van der Waals surface area contributed by atoms with Gasteiger partial charge in [-0.2, -0.15) is 0 Å². The number of nitrogens with one attached hydrogen (secondary N) is 1. The van der Waals surface area contributed by atoms with E-state index in [9.17, 15) is 8.78 Å². The van der Waals surface area contributed by atoms with Gasteiger partial charge in [0.05, 0.1) is 6.54 Å². The first-order valence-electron chi connectivity index (χ1n) is 8.36. The van der Waals surface area contributed by atoms with Crippen LogP contribution in [0, 0.1) is 11.8 Å². The topological polar surface area (TPSA) is 15.3 Å². The maximum atomic E-state index is 13.0. The van der Waals surface area contributed by atoms with Gasteiger partial charge in [-0.05, 0) is 44.4 Å². The van der Waals surface area contributed by atoms with Crippen molar-refractivity contribution in [3.8, 4) is 0 Å². The van der Waals surface area contributed by atoms with Crippen molar-refractivity contribution in [2.45, 2.75) is 69.9 Å². The van der Waals surface area contributed by atoms with Crippen molar-refractivity contribution >= 4 is 0 Å². The standard InChI is InChI=1S/C16H28F2N2/c1-16(13-7-8-13)11-20(10-15(17)18)14(9-19-16)12-5-3-2-4-6-12/h12-15,19H,2-11H2,1H3. The minimum Gasteiger partial charge on any atom is -0.308 e. The van der Waals surface area contributed by atoms with Crippen molar-refractivity contribution < 1.29 is 8.78 Å². The summed E-state index contributed by atoms with van der Waals surface area (Å²) in [7, 11) is 0. The average molecular weight is 286 g/mol. The zero-order valence-electron chi connectivity index (χ0n) is 12.6. The number of alkyl halides is 2. The van der Waals surface area contributed by atoms with E-state index in [1.54, 1.807) is 0 Å². The lowest BCUT2D eigenvalue weighted by molar-refractivity contribution is -0.00716. The van der Waals surface area contributed by atoms with Crippen molar-refractivity contribution in [1.82, 2.24) is 10.2 Å². The summed E-state index contributed by atoms with van der Waals surface area (Å²) in [5, 5.41) is 3.72. The third-order valence-corrected chi connectivity index (χ3v) is 5.76. The first-order valence-corrected chi connectivity index (χ1v) is 8.36. The van der Waals surface area contributed by atoms with Crippen molar-refractivity contribution in [2.75, 3.05) is 19.6 Å². The molecule has 2 unspecified atom stereocenters. The highest BCUT2D eigenvalue weighted by molar-refractivity contribution is 5.05. The molecule has 0 spiro atoms. The lowest BCUT2D eigenvalue weighted by Gasteiger charge is -2.49. The Balaban J connectivity index is 1.68. The second-order valence-electron chi connectivity index (χ2n) is 7.36. The number of halogens is 2. The Morgan fingerprint density at radius 3 is 2.45 bits per heavy atom. The summed E-state index contributed by atoms with van der Waals surface area (Å²) in [4.78, 5) is 2.12. The zero-order valence-corrected chi connectivity index (χ0v) is 12.6. The highest BCUT2D eigenvalue weighted by Gasteiger charge is 2.47. The van der Waals surface area contributed by atoms with E-state index in [-0.39, 0.29) is 12.1 Å². The van der Waals surface area contributed by atoms with Gasteiger partial charge in [0.25, 0.3) is 6.43 Å². The molecule has 2 aliphatic carbocycles. The van der Waals surface area contributed by atoms with Crippen LogP contribution in [0.2, 0.25) is 0 Å². The maximum Gasteiger partial charge on any atom is 0.251 e. The Labute approximate surface area is 121 Å². The predicted molar refractivity (Wildman–Crippen MR) is 77.1 cm³/mol. The van der Waals surface area contributed by atoms with Gasteiger partial charge >= 0.3 is 0 Å². The second kappa shape index (κ2) is 5.88. The molecule has 1 aliphatic heterocycles. The van der Waals surface area contributed by atoms with E-state index in [1.165, 1.54) is 44.9 Å². The van der Waals surface area contributed by atoms with E-state index >= 15 is 0 Å². The molecule has 2 saturated carbocycles. The fourth-order valence-electron chi connectivity index (χ4n) is 4.42. The number of hydrogen-bond donors (Lipinski definition) is 1. The van der Waals surface area contributed by atoms with Crippen molar-refractivity contribution in [2.24, 2.45) is 11.8 Å². The molecule has 1 N–H and O–H groups in total. The third kappa shape index (κ3) is 3.16. The summed E-state index contributed by atoms with van der Waals surface area (Å²) >= 11 is 0. The molecular weight excluding hydrogens is 258 g/mol. The molecule has 116 valence electrons. The normalized spacial score (nSPS) is 37.5. The molecule has 3 rings (SSSR count). The van der Waals surface area contributed by atoms with Crippen LogP contribution in [-0.2, 0) is 0 Å². The highest BCUT2D eigenvalue weighted by atomic mass is 19.3. The molecule has 2 nitrogen and oxygen atoms in total. The minimum absolute atomic E-state index is 0.0366. The first kappa shape index (κ1) is 14.7. The van der Waals surface area contributed by atoms with Gasteiger partial charge in [0.15, 0.2) is 0 Å². The van der Waals surface area contributed by atoms with E-state index in [2.05, 4.69) is 17.1 Å². The second-order valence-corrected chi connectivity index (χ2v) is 7.36. The van der Waals surface area contributed by atoms with Gasteiger partial charge in [-0.1, -0.05) is 19.3 Å². The molecule has 0 aromatic carbocycles.